The first-order valence-corrected chi connectivity index (χ1v) is 11.0. The minimum absolute atomic E-state index is 0.102. The summed E-state index contributed by atoms with van der Waals surface area (Å²) in [6, 6.07) is 9.00. The molecule has 0 aliphatic heterocycles. The molecule has 1 heterocycles. The highest BCUT2D eigenvalue weighted by Crippen LogP contribution is 2.40. The standard InChI is InChI=1S/C21H22N2O6S2/c1-26-15-8-5-12(19(28-3)20(15)29-4)9-17(24)22-13-6-7-14-16(10-13)31-21(23-14)30-11-18(25)27-2/h5-8,10H,9,11H2,1-4H3,(H,22,24). The summed E-state index contributed by atoms with van der Waals surface area (Å²) in [7, 11) is 5.94. The normalized spacial score (nSPS) is 10.6. The third-order valence-corrected chi connectivity index (χ3v) is 6.47. The van der Waals surface area contributed by atoms with E-state index < -0.39 is 0 Å². The number of ether oxygens (including phenoxy) is 4. The number of methoxy groups -OCH3 is 4. The van der Waals surface area contributed by atoms with E-state index in [-0.39, 0.29) is 24.1 Å². The van der Waals surface area contributed by atoms with Gasteiger partial charge in [0.25, 0.3) is 0 Å². The van der Waals surface area contributed by atoms with Crippen LogP contribution >= 0.6 is 23.1 Å². The van der Waals surface area contributed by atoms with Crippen molar-refractivity contribution in [2.24, 2.45) is 0 Å². The van der Waals surface area contributed by atoms with Crippen LogP contribution in [0.3, 0.4) is 0 Å². The number of carbonyl (C=O) groups excluding carboxylic acids is 2. The van der Waals surface area contributed by atoms with E-state index in [1.807, 2.05) is 12.1 Å². The summed E-state index contributed by atoms with van der Waals surface area (Å²) in [5.74, 6) is 1.13. The summed E-state index contributed by atoms with van der Waals surface area (Å²) in [6.45, 7) is 0. The van der Waals surface area contributed by atoms with Crippen molar-refractivity contribution >= 4 is 50.9 Å². The molecule has 2 aromatic carbocycles. The van der Waals surface area contributed by atoms with Gasteiger partial charge in [0.2, 0.25) is 11.7 Å². The van der Waals surface area contributed by atoms with Crippen molar-refractivity contribution in [2.75, 3.05) is 39.5 Å². The maximum atomic E-state index is 12.6. The molecule has 1 N–H and O–H groups in total. The van der Waals surface area contributed by atoms with E-state index >= 15 is 0 Å². The van der Waals surface area contributed by atoms with E-state index in [9.17, 15) is 9.59 Å². The highest BCUT2D eigenvalue weighted by Gasteiger charge is 2.18. The van der Waals surface area contributed by atoms with E-state index in [1.165, 1.54) is 44.4 Å². The Morgan fingerprint density at radius 3 is 2.48 bits per heavy atom. The lowest BCUT2D eigenvalue weighted by atomic mass is 10.1. The Morgan fingerprint density at radius 2 is 1.81 bits per heavy atom. The lowest BCUT2D eigenvalue weighted by molar-refractivity contribution is -0.137. The first-order chi connectivity index (χ1) is 15.0. The molecule has 0 spiro atoms. The molecule has 0 saturated carbocycles. The number of rotatable bonds is 9. The Kier molecular flexibility index (Phi) is 7.59. The van der Waals surface area contributed by atoms with E-state index in [4.69, 9.17) is 14.2 Å². The fourth-order valence-corrected chi connectivity index (χ4v) is 4.84. The van der Waals surface area contributed by atoms with E-state index in [1.54, 1.807) is 25.3 Å². The van der Waals surface area contributed by atoms with Crippen LogP contribution in [-0.2, 0) is 20.7 Å². The predicted octanol–water partition coefficient (Wildman–Crippen LogP) is 3.77. The van der Waals surface area contributed by atoms with E-state index in [0.29, 0.717) is 28.5 Å². The van der Waals surface area contributed by atoms with Crippen LogP contribution in [0.1, 0.15) is 5.56 Å². The van der Waals surface area contributed by atoms with Gasteiger partial charge in [-0.15, -0.1) is 11.3 Å². The van der Waals surface area contributed by atoms with Crippen molar-refractivity contribution in [3.8, 4) is 17.2 Å². The largest absolute Gasteiger partial charge is 0.493 e. The van der Waals surface area contributed by atoms with Crippen LogP contribution in [-0.4, -0.2) is 51.1 Å². The predicted molar refractivity (Wildman–Crippen MR) is 121 cm³/mol. The lowest BCUT2D eigenvalue weighted by Crippen LogP contribution is -2.15. The number of nitrogens with zero attached hydrogens (tertiary/aromatic N) is 1. The third kappa shape index (κ3) is 5.39. The Labute approximate surface area is 187 Å². The number of benzene rings is 2. The molecule has 0 aliphatic rings. The number of anilines is 1. The van der Waals surface area contributed by atoms with Gasteiger partial charge >= 0.3 is 5.97 Å². The lowest BCUT2D eigenvalue weighted by Gasteiger charge is -2.15. The number of amides is 1. The molecule has 1 amide bonds. The van der Waals surface area contributed by atoms with Gasteiger partial charge in [-0.25, -0.2) is 4.98 Å². The van der Waals surface area contributed by atoms with Crippen LogP contribution in [0.4, 0.5) is 5.69 Å². The van der Waals surface area contributed by atoms with Crippen molar-refractivity contribution in [1.82, 2.24) is 4.98 Å². The molecule has 1 aromatic heterocycles. The highest BCUT2D eigenvalue weighted by molar-refractivity contribution is 8.01. The molecule has 0 bridgehead atoms. The summed E-state index contributed by atoms with van der Waals surface area (Å²) in [5, 5.41) is 2.90. The zero-order chi connectivity index (χ0) is 22.4. The van der Waals surface area contributed by atoms with Crippen LogP contribution in [0.2, 0.25) is 0 Å². The molecule has 0 atom stereocenters. The number of esters is 1. The van der Waals surface area contributed by atoms with Crippen LogP contribution in [0.5, 0.6) is 17.2 Å². The third-order valence-electron chi connectivity index (χ3n) is 4.33. The van der Waals surface area contributed by atoms with Crippen LogP contribution in [0.25, 0.3) is 10.2 Å². The second-order valence-corrected chi connectivity index (χ2v) is 8.50. The van der Waals surface area contributed by atoms with Crippen molar-refractivity contribution in [3.05, 3.63) is 35.9 Å². The van der Waals surface area contributed by atoms with Crippen molar-refractivity contribution in [3.63, 3.8) is 0 Å². The molecule has 3 aromatic rings. The molecule has 0 aliphatic carbocycles. The van der Waals surface area contributed by atoms with Gasteiger partial charge in [0, 0.05) is 11.3 Å². The number of thiazole rings is 1. The molecule has 0 fully saturated rings. The van der Waals surface area contributed by atoms with E-state index in [0.717, 1.165) is 14.6 Å². The van der Waals surface area contributed by atoms with Gasteiger partial charge in [-0.05, 0) is 24.3 Å². The monoisotopic (exact) mass is 462 g/mol. The molecule has 164 valence electrons. The topological polar surface area (TPSA) is 96.0 Å². The molecular formula is C21H22N2O6S2. The van der Waals surface area contributed by atoms with Gasteiger partial charge in [0.15, 0.2) is 15.8 Å². The second-order valence-electron chi connectivity index (χ2n) is 6.25. The van der Waals surface area contributed by atoms with Gasteiger partial charge in [-0.2, -0.15) is 0 Å². The average molecular weight is 463 g/mol. The van der Waals surface area contributed by atoms with Gasteiger partial charge in [-0.1, -0.05) is 17.8 Å². The number of hydrogen-bond acceptors (Lipinski definition) is 9. The number of fused-ring (bicyclic) bond motifs is 1. The minimum Gasteiger partial charge on any atom is -0.493 e. The molecule has 8 nitrogen and oxygen atoms in total. The molecule has 0 saturated heterocycles. The highest BCUT2D eigenvalue weighted by atomic mass is 32.2. The minimum atomic E-state index is -0.303. The molecule has 10 heteroatoms. The SMILES string of the molecule is COC(=O)CSc1nc2ccc(NC(=O)Cc3ccc(OC)c(OC)c3OC)cc2s1. The molecule has 0 unspecified atom stereocenters. The quantitative estimate of drug-likeness (QED) is 0.379. The maximum Gasteiger partial charge on any atom is 0.316 e. The van der Waals surface area contributed by atoms with Crippen molar-refractivity contribution < 1.29 is 28.5 Å². The second kappa shape index (κ2) is 10.4. The van der Waals surface area contributed by atoms with Gasteiger partial charge in [0.05, 0.1) is 50.8 Å². The summed E-state index contributed by atoms with van der Waals surface area (Å²) >= 11 is 2.77. The van der Waals surface area contributed by atoms with Crippen molar-refractivity contribution in [2.45, 2.75) is 10.8 Å². The summed E-state index contributed by atoms with van der Waals surface area (Å²) in [4.78, 5) is 28.4. The molecule has 0 radical (unpaired) electrons. The first-order valence-electron chi connectivity index (χ1n) is 9.17. The van der Waals surface area contributed by atoms with Gasteiger partial charge in [0.1, 0.15) is 0 Å². The molecular weight excluding hydrogens is 440 g/mol. The Hall–Kier alpha value is -2.98. The Bertz CT molecular complexity index is 1100. The fraction of sp³-hybridized carbons (Fsp3) is 0.286. The number of carbonyl (C=O) groups is 2. The summed E-state index contributed by atoms with van der Waals surface area (Å²) in [5.41, 5.74) is 2.14. The van der Waals surface area contributed by atoms with Crippen LogP contribution < -0.4 is 19.5 Å². The zero-order valence-electron chi connectivity index (χ0n) is 17.5. The molecule has 31 heavy (non-hydrogen) atoms. The van der Waals surface area contributed by atoms with Crippen LogP contribution in [0.15, 0.2) is 34.7 Å². The summed E-state index contributed by atoms with van der Waals surface area (Å²) in [6.07, 6.45) is 0.102. The van der Waals surface area contributed by atoms with E-state index in [2.05, 4.69) is 15.0 Å². The Balaban J connectivity index is 1.72. The maximum absolute atomic E-state index is 12.6. The first kappa shape index (κ1) is 22.7. The molecule has 3 rings (SSSR count). The summed E-state index contributed by atoms with van der Waals surface area (Å²) < 4.78 is 22.4. The number of thioether (sulfide) groups is 1. The Morgan fingerprint density at radius 1 is 1.03 bits per heavy atom. The van der Waals surface area contributed by atoms with Crippen LogP contribution in [0, 0.1) is 0 Å². The zero-order valence-corrected chi connectivity index (χ0v) is 19.1. The van der Waals surface area contributed by atoms with Crippen molar-refractivity contribution in [1.29, 1.82) is 0 Å². The number of nitrogens with one attached hydrogen (secondary N) is 1. The smallest absolute Gasteiger partial charge is 0.316 e. The average Bonchev–Trinajstić information content (AvgIpc) is 3.19. The fourth-order valence-electron chi connectivity index (χ4n) is 2.90. The number of hydrogen-bond donors (Lipinski definition) is 1. The number of aromatic nitrogens is 1. The van der Waals surface area contributed by atoms with Gasteiger partial charge in [-0.3, -0.25) is 9.59 Å². The van der Waals surface area contributed by atoms with Gasteiger partial charge < -0.3 is 24.3 Å².